The molecule has 1 rings (SSSR count). The highest BCUT2D eigenvalue weighted by molar-refractivity contribution is 5.61. The predicted octanol–water partition coefficient (Wildman–Crippen LogP) is 2.62. The number of ether oxygens (including phenoxy) is 2. The predicted molar refractivity (Wildman–Crippen MR) is 44.7 cm³/mol. The molecule has 0 aromatic heterocycles. The smallest absolute Gasteiger partial charge is 0.437 e. The first-order valence-electron chi connectivity index (χ1n) is 4.28. The van der Waals surface area contributed by atoms with Crippen molar-refractivity contribution in [2.45, 2.75) is 32.1 Å². The molecule has 12 heavy (non-hydrogen) atoms. The van der Waals surface area contributed by atoms with Gasteiger partial charge in [0.25, 0.3) is 0 Å². The highest BCUT2D eigenvalue weighted by Gasteiger charge is 2.08. The van der Waals surface area contributed by atoms with E-state index < -0.39 is 6.16 Å². The molecule has 0 amide bonds. The molecule has 0 spiro atoms. The van der Waals surface area contributed by atoms with E-state index in [0.717, 1.165) is 25.0 Å². The number of carbonyl (C=O) groups is 1. The third-order valence-corrected chi connectivity index (χ3v) is 1.88. The van der Waals surface area contributed by atoms with Crippen molar-refractivity contribution in [3.63, 3.8) is 0 Å². The van der Waals surface area contributed by atoms with Gasteiger partial charge in [0.15, 0.2) is 0 Å². The van der Waals surface area contributed by atoms with Crippen LogP contribution in [0.4, 0.5) is 4.79 Å². The Morgan fingerprint density at radius 3 is 3.00 bits per heavy atom. The van der Waals surface area contributed by atoms with Crippen molar-refractivity contribution in [1.82, 2.24) is 0 Å². The molecule has 0 bridgehead atoms. The number of hydrogen-bond acceptors (Lipinski definition) is 3. The van der Waals surface area contributed by atoms with Crippen molar-refractivity contribution < 1.29 is 14.3 Å². The molecule has 0 radical (unpaired) electrons. The van der Waals surface area contributed by atoms with Crippen LogP contribution in [0.5, 0.6) is 0 Å². The van der Waals surface area contributed by atoms with Crippen LogP contribution in [-0.2, 0) is 9.47 Å². The van der Waals surface area contributed by atoms with Crippen molar-refractivity contribution in [3.8, 4) is 0 Å². The molecule has 3 nitrogen and oxygen atoms in total. The summed E-state index contributed by atoms with van der Waals surface area (Å²) in [7, 11) is 1.32. The van der Waals surface area contributed by atoms with Gasteiger partial charge in [-0.3, -0.25) is 0 Å². The van der Waals surface area contributed by atoms with Gasteiger partial charge in [-0.1, -0.05) is 6.42 Å². The molecule has 0 aromatic rings. The summed E-state index contributed by atoms with van der Waals surface area (Å²) >= 11 is 0. The average molecular weight is 170 g/mol. The minimum absolute atomic E-state index is 0.608. The SMILES string of the molecule is COC(=O)OC1=CCCCCC1. The molecular weight excluding hydrogens is 156 g/mol. The summed E-state index contributed by atoms with van der Waals surface area (Å²) in [6, 6.07) is 0. The minimum atomic E-state index is -0.608. The molecule has 1 aliphatic carbocycles. The zero-order valence-electron chi connectivity index (χ0n) is 7.34. The van der Waals surface area contributed by atoms with Gasteiger partial charge in [-0.2, -0.15) is 0 Å². The zero-order valence-corrected chi connectivity index (χ0v) is 7.34. The van der Waals surface area contributed by atoms with E-state index in [1.54, 1.807) is 0 Å². The van der Waals surface area contributed by atoms with Crippen molar-refractivity contribution in [2.75, 3.05) is 7.11 Å². The first-order valence-corrected chi connectivity index (χ1v) is 4.28. The monoisotopic (exact) mass is 170 g/mol. The Morgan fingerprint density at radius 2 is 2.25 bits per heavy atom. The fraction of sp³-hybridized carbons (Fsp3) is 0.667. The van der Waals surface area contributed by atoms with Crippen molar-refractivity contribution in [2.24, 2.45) is 0 Å². The van der Waals surface area contributed by atoms with Gasteiger partial charge in [0.2, 0.25) is 0 Å². The van der Waals surface area contributed by atoms with Crippen LogP contribution in [0.25, 0.3) is 0 Å². The van der Waals surface area contributed by atoms with E-state index in [4.69, 9.17) is 4.74 Å². The Labute approximate surface area is 72.4 Å². The van der Waals surface area contributed by atoms with Crippen LogP contribution in [0.1, 0.15) is 32.1 Å². The lowest BCUT2D eigenvalue weighted by Gasteiger charge is -2.04. The molecule has 1 aliphatic rings. The second-order valence-corrected chi connectivity index (χ2v) is 2.83. The van der Waals surface area contributed by atoms with Gasteiger partial charge < -0.3 is 9.47 Å². The van der Waals surface area contributed by atoms with Crippen LogP contribution in [-0.4, -0.2) is 13.3 Å². The first kappa shape index (κ1) is 9.10. The quantitative estimate of drug-likeness (QED) is 0.567. The molecule has 0 aliphatic heterocycles. The maximum absolute atomic E-state index is 10.7. The Balaban J connectivity index is 2.38. The molecule has 0 saturated heterocycles. The molecule has 0 fully saturated rings. The fourth-order valence-electron chi connectivity index (χ4n) is 1.23. The molecule has 0 N–H and O–H groups in total. The summed E-state index contributed by atoms with van der Waals surface area (Å²) in [5.74, 6) is 0.763. The molecule has 0 unspecified atom stereocenters. The van der Waals surface area contributed by atoms with E-state index in [0.29, 0.717) is 0 Å². The first-order chi connectivity index (χ1) is 5.83. The number of hydrogen-bond donors (Lipinski definition) is 0. The molecule has 0 atom stereocenters. The third kappa shape index (κ3) is 2.95. The Bertz CT molecular complexity index is 184. The highest BCUT2D eigenvalue weighted by Crippen LogP contribution is 2.18. The lowest BCUT2D eigenvalue weighted by molar-refractivity contribution is 0.0946. The van der Waals surface area contributed by atoms with Gasteiger partial charge in [0.1, 0.15) is 5.76 Å². The van der Waals surface area contributed by atoms with Crippen LogP contribution in [0.2, 0.25) is 0 Å². The summed E-state index contributed by atoms with van der Waals surface area (Å²) in [5, 5.41) is 0. The fourth-order valence-corrected chi connectivity index (χ4v) is 1.23. The summed E-state index contributed by atoms with van der Waals surface area (Å²) in [4.78, 5) is 10.7. The number of carbonyl (C=O) groups excluding carboxylic acids is 1. The molecule has 0 heterocycles. The summed E-state index contributed by atoms with van der Waals surface area (Å²) < 4.78 is 9.31. The normalized spacial score (nSPS) is 17.6. The van der Waals surface area contributed by atoms with Crippen LogP contribution in [0, 0.1) is 0 Å². The lowest BCUT2D eigenvalue weighted by atomic mass is 10.2. The Hall–Kier alpha value is -0.990. The van der Waals surface area contributed by atoms with Crippen LogP contribution >= 0.6 is 0 Å². The third-order valence-electron chi connectivity index (χ3n) is 1.88. The van der Waals surface area contributed by atoms with E-state index in [1.165, 1.54) is 20.0 Å². The number of allylic oxidation sites excluding steroid dienone is 2. The van der Waals surface area contributed by atoms with E-state index >= 15 is 0 Å². The summed E-state index contributed by atoms with van der Waals surface area (Å²) in [6.07, 6.45) is 6.73. The second-order valence-electron chi connectivity index (χ2n) is 2.83. The highest BCUT2D eigenvalue weighted by atomic mass is 16.7. The maximum atomic E-state index is 10.7. The standard InChI is InChI=1S/C9H14O3/c1-11-9(10)12-8-6-4-2-3-5-7-8/h6H,2-5,7H2,1H3. The van der Waals surface area contributed by atoms with Crippen LogP contribution in [0.3, 0.4) is 0 Å². The van der Waals surface area contributed by atoms with Gasteiger partial charge in [-0.15, -0.1) is 0 Å². The van der Waals surface area contributed by atoms with E-state index in [1.807, 2.05) is 6.08 Å². The Kier molecular flexibility index (Phi) is 3.64. The minimum Gasteiger partial charge on any atom is -0.437 e. The van der Waals surface area contributed by atoms with Gasteiger partial charge in [0.05, 0.1) is 7.11 Å². The average Bonchev–Trinajstić information content (AvgIpc) is 2.33. The number of methoxy groups -OCH3 is 1. The van der Waals surface area contributed by atoms with Crippen molar-refractivity contribution >= 4 is 6.16 Å². The van der Waals surface area contributed by atoms with Gasteiger partial charge >= 0.3 is 6.16 Å². The van der Waals surface area contributed by atoms with E-state index in [2.05, 4.69) is 4.74 Å². The zero-order chi connectivity index (χ0) is 8.81. The molecule has 0 saturated carbocycles. The van der Waals surface area contributed by atoms with Gasteiger partial charge in [-0.05, 0) is 25.3 Å². The molecule has 0 aromatic carbocycles. The summed E-state index contributed by atoms with van der Waals surface area (Å²) in [6.45, 7) is 0. The molecule has 3 heteroatoms. The van der Waals surface area contributed by atoms with E-state index in [9.17, 15) is 4.79 Å². The largest absolute Gasteiger partial charge is 0.513 e. The van der Waals surface area contributed by atoms with Crippen molar-refractivity contribution in [3.05, 3.63) is 11.8 Å². The van der Waals surface area contributed by atoms with Crippen LogP contribution in [0.15, 0.2) is 11.8 Å². The van der Waals surface area contributed by atoms with Gasteiger partial charge in [0, 0.05) is 6.42 Å². The second kappa shape index (κ2) is 4.80. The van der Waals surface area contributed by atoms with E-state index in [-0.39, 0.29) is 0 Å². The molecule has 68 valence electrons. The lowest BCUT2D eigenvalue weighted by Crippen LogP contribution is -2.03. The topological polar surface area (TPSA) is 35.5 Å². The molecular formula is C9H14O3. The number of rotatable bonds is 1. The van der Waals surface area contributed by atoms with Gasteiger partial charge in [-0.25, -0.2) is 4.79 Å². The maximum Gasteiger partial charge on any atom is 0.513 e. The van der Waals surface area contributed by atoms with Crippen LogP contribution < -0.4 is 0 Å². The summed E-state index contributed by atoms with van der Waals surface area (Å²) in [5.41, 5.74) is 0. The Morgan fingerprint density at radius 1 is 1.42 bits per heavy atom. The van der Waals surface area contributed by atoms with Crippen molar-refractivity contribution in [1.29, 1.82) is 0 Å².